The second-order valence-corrected chi connectivity index (χ2v) is 6.86. The highest BCUT2D eigenvalue weighted by atomic mass is 35.7. The number of rotatable bonds is 3. The Bertz CT molecular complexity index is 812. The van der Waals surface area contributed by atoms with Gasteiger partial charge in [-0.25, -0.2) is 12.8 Å². The number of pyridine rings is 1. The number of carbonyl (C=O) groups excluding carboxylic acids is 1. The lowest BCUT2D eigenvalue weighted by Crippen LogP contribution is -2.13. The quantitative estimate of drug-likeness (QED) is 0.864. The van der Waals surface area contributed by atoms with Gasteiger partial charge in [0.05, 0.1) is 21.2 Å². The molecule has 110 valence electrons. The van der Waals surface area contributed by atoms with Gasteiger partial charge in [0.25, 0.3) is 15.0 Å². The van der Waals surface area contributed by atoms with Crippen molar-refractivity contribution in [2.75, 3.05) is 5.32 Å². The van der Waals surface area contributed by atoms with Gasteiger partial charge in [-0.3, -0.25) is 9.78 Å². The maximum atomic E-state index is 13.8. The van der Waals surface area contributed by atoms with E-state index in [-0.39, 0.29) is 16.3 Å². The van der Waals surface area contributed by atoms with Gasteiger partial charge in [0.1, 0.15) is 5.82 Å². The summed E-state index contributed by atoms with van der Waals surface area (Å²) in [6, 6.07) is 4.26. The Labute approximate surface area is 129 Å². The largest absolute Gasteiger partial charge is 0.319 e. The van der Waals surface area contributed by atoms with Gasteiger partial charge >= 0.3 is 0 Å². The van der Waals surface area contributed by atoms with E-state index < -0.39 is 25.7 Å². The molecule has 0 aliphatic heterocycles. The minimum atomic E-state index is -4.04. The third kappa shape index (κ3) is 3.69. The number of nitrogens with zero attached hydrogens (tertiary/aromatic N) is 1. The van der Waals surface area contributed by atoms with E-state index >= 15 is 0 Å². The fraction of sp³-hybridized carbons (Fsp3) is 0. The Morgan fingerprint density at radius 1 is 1.29 bits per heavy atom. The Morgan fingerprint density at radius 2 is 2.00 bits per heavy atom. The van der Waals surface area contributed by atoms with Crippen molar-refractivity contribution in [3.8, 4) is 0 Å². The summed E-state index contributed by atoms with van der Waals surface area (Å²) in [5.41, 5.74) is -0.0861. The van der Waals surface area contributed by atoms with Gasteiger partial charge in [-0.05, 0) is 24.3 Å². The van der Waals surface area contributed by atoms with Crippen LogP contribution >= 0.6 is 22.3 Å². The first-order valence-corrected chi connectivity index (χ1v) is 8.13. The Morgan fingerprint density at radius 3 is 2.57 bits per heavy atom. The van der Waals surface area contributed by atoms with Crippen molar-refractivity contribution in [1.29, 1.82) is 0 Å². The average Bonchev–Trinajstić information content (AvgIpc) is 2.40. The summed E-state index contributed by atoms with van der Waals surface area (Å²) in [6.07, 6.45) is 2.64. The lowest BCUT2D eigenvalue weighted by Gasteiger charge is -2.08. The summed E-state index contributed by atoms with van der Waals surface area (Å²) >= 11 is 5.80. The molecule has 0 unspecified atom stereocenters. The second-order valence-electron chi connectivity index (χ2n) is 3.89. The van der Waals surface area contributed by atoms with E-state index in [1.165, 1.54) is 18.5 Å². The average molecular weight is 349 g/mol. The van der Waals surface area contributed by atoms with E-state index in [1.807, 2.05) is 0 Å². The first-order valence-electron chi connectivity index (χ1n) is 5.44. The molecule has 0 aliphatic carbocycles. The zero-order valence-corrected chi connectivity index (χ0v) is 12.5. The van der Waals surface area contributed by atoms with Gasteiger partial charge in [0.15, 0.2) is 0 Å². The van der Waals surface area contributed by atoms with Gasteiger partial charge in [-0.1, -0.05) is 11.6 Å². The SMILES string of the molecule is O=C(Nc1ccc(S(=O)(=O)Cl)cc1F)c1ccncc1Cl. The minimum absolute atomic E-state index is 0.107. The highest BCUT2D eigenvalue weighted by molar-refractivity contribution is 8.13. The maximum absolute atomic E-state index is 13.8. The molecule has 0 spiro atoms. The first-order chi connectivity index (χ1) is 9.79. The number of nitrogens with one attached hydrogen (secondary N) is 1. The van der Waals surface area contributed by atoms with Crippen molar-refractivity contribution in [2.24, 2.45) is 0 Å². The van der Waals surface area contributed by atoms with Crippen molar-refractivity contribution < 1.29 is 17.6 Å². The normalized spacial score (nSPS) is 11.2. The highest BCUT2D eigenvalue weighted by Crippen LogP contribution is 2.23. The van der Waals surface area contributed by atoms with Crippen LogP contribution in [0.1, 0.15) is 10.4 Å². The summed E-state index contributed by atoms with van der Waals surface area (Å²) in [5.74, 6) is -1.59. The summed E-state index contributed by atoms with van der Waals surface area (Å²) < 4.78 is 35.9. The van der Waals surface area contributed by atoms with Crippen LogP contribution in [-0.4, -0.2) is 19.3 Å². The third-order valence-corrected chi connectivity index (χ3v) is 4.14. The van der Waals surface area contributed by atoms with E-state index in [4.69, 9.17) is 22.3 Å². The molecule has 5 nitrogen and oxygen atoms in total. The molecule has 9 heteroatoms. The van der Waals surface area contributed by atoms with Crippen LogP contribution in [0.4, 0.5) is 10.1 Å². The van der Waals surface area contributed by atoms with Crippen molar-refractivity contribution >= 4 is 42.9 Å². The molecule has 2 rings (SSSR count). The zero-order chi connectivity index (χ0) is 15.6. The predicted molar refractivity (Wildman–Crippen MR) is 76.6 cm³/mol. The van der Waals surface area contributed by atoms with Crippen molar-refractivity contribution in [3.05, 3.63) is 53.1 Å². The van der Waals surface area contributed by atoms with Crippen LogP contribution < -0.4 is 5.32 Å². The van der Waals surface area contributed by atoms with Gasteiger partial charge < -0.3 is 5.32 Å². The molecule has 0 bridgehead atoms. The number of aromatic nitrogens is 1. The smallest absolute Gasteiger partial charge is 0.261 e. The first kappa shape index (κ1) is 15.7. The Balaban J connectivity index is 2.29. The molecule has 1 heterocycles. The molecule has 2 aromatic rings. The zero-order valence-electron chi connectivity index (χ0n) is 10.2. The predicted octanol–water partition coefficient (Wildman–Crippen LogP) is 3.05. The Hall–Kier alpha value is -1.70. The molecule has 0 aliphatic rings. The van der Waals surface area contributed by atoms with Gasteiger partial charge in [0.2, 0.25) is 0 Å². The molecule has 1 amide bonds. The molecule has 1 aromatic carbocycles. The van der Waals surface area contributed by atoms with Crippen LogP contribution in [-0.2, 0) is 9.05 Å². The molecule has 0 saturated carbocycles. The molecule has 1 aromatic heterocycles. The van der Waals surface area contributed by atoms with Crippen LogP contribution in [0.15, 0.2) is 41.6 Å². The van der Waals surface area contributed by atoms with Crippen molar-refractivity contribution in [3.63, 3.8) is 0 Å². The van der Waals surface area contributed by atoms with Crippen LogP contribution in [0.5, 0.6) is 0 Å². The number of amides is 1. The number of anilines is 1. The molecule has 0 radical (unpaired) electrons. The molecule has 0 fully saturated rings. The van der Waals surface area contributed by atoms with Crippen LogP contribution in [0, 0.1) is 5.82 Å². The Kier molecular flexibility index (Phi) is 4.46. The van der Waals surface area contributed by atoms with Crippen LogP contribution in [0.25, 0.3) is 0 Å². The van der Waals surface area contributed by atoms with Crippen LogP contribution in [0.3, 0.4) is 0 Å². The fourth-order valence-corrected chi connectivity index (χ4v) is 2.47. The molecule has 1 N–H and O–H groups in total. The standard InChI is InChI=1S/C12H7Cl2FN2O3S/c13-9-6-16-4-3-8(9)12(18)17-11-2-1-7(5-10(11)15)21(14,19)20/h1-6H,(H,17,18). The van der Waals surface area contributed by atoms with E-state index in [0.717, 1.165) is 12.1 Å². The van der Waals surface area contributed by atoms with Crippen molar-refractivity contribution in [1.82, 2.24) is 4.98 Å². The lowest BCUT2D eigenvalue weighted by molar-refractivity contribution is 0.102. The molecular weight excluding hydrogens is 342 g/mol. The third-order valence-electron chi connectivity index (χ3n) is 2.49. The summed E-state index contributed by atoms with van der Waals surface area (Å²) in [4.78, 5) is 15.3. The van der Waals surface area contributed by atoms with Gasteiger partial charge in [-0.2, -0.15) is 0 Å². The number of benzene rings is 1. The number of halogens is 3. The maximum Gasteiger partial charge on any atom is 0.261 e. The topological polar surface area (TPSA) is 76.1 Å². The number of hydrogen-bond donors (Lipinski definition) is 1. The summed E-state index contributed by atoms with van der Waals surface area (Å²) in [5, 5.41) is 2.39. The van der Waals surface area contributed by atoms with E-state index in [1.54, 1.807) is 0 Å². The lowest BCUT2D eigenvalue weighted by atomic mass is 10.2. The summed E-state index contributed by atoms with van der Waals surface area (Å²) in [7, 11) is 1.06. The van der Waals surface area contributed by atoms with Gasteiger partial charge in [-0.15, -0.1) is 0 Å². The molecule has 0 saturated heterocycles. The monoisotopic (exact) mass is 348 g/mol. The van der Waals surface area contributed by atoms with Crippen LogP contribution in [0.2, 0.25) is 5.02 Å². The molecular formula is C12H7Cl2FN2O3S. The van der Waals surface area contributed by atoms with Crippen molar-refractivity contribution in [2.45, 2.75) is 4.90 Å². The molecule has 21 heavy (non-hydrogen) atoms. The molecule has 0 atom stereocenters. The second kappa shape index (κ2) is 5.97. The number of hydrogen-bond acceptors (Lipinski definition) is 4. The summed E-state index contributed by atoms with van der Waals surface area (Å²) in [6.45, 7) is 0. The van der Waals surface area contributed by atoms with E-state index in [0.29, 0.717) is 6.07 Å². The highest BCUT2D eigenvalue weighted by Gasteiger charge is 2.16. The van der Waals surface area contributed by atoms with E-state index in [9.17, 15) is 17.6 Å². The number of carbonyl (C=O) groups is 1. The fourth-order valence-electron chi connectivity index (χ4n) is 1.50. The van der Waals surface area contributed by atoms with Gasteiger partial charge in [0, 0.05) is 23.1 Å². The van der Waals surface area contributed by atoms with E-state index in [2.05, 4.69) is 10.3 Å². The minimum Gasteiger partial charge on any atom is -0.319 e.